The summed E-state index contributed by atoms with van der Waals surface area (Å²) in [6.45, 7) is -1.37. The van der Waals surface area contributed by atoms with Crippen LogP contribution in [0.3, 0.4) is 0 Å². The van der Waals surface area contributed by atoms with Gasteiger partial charge in [0.15, 0.2) is 6.61 Å². The molecule has 3 aromatic rings. The lowest BCUT2D eigenvalue weighted by Crippen LogP contribution is -2.23. The molecule has 0 saturated carbocycles. The van der Waals surface area contributed by atoms with E-state index < -0.39 is 18.7 Å². The summed E-state index contributed by atoms with van der Waals surface area (Å²) in [7, 11) is 0. The smallest absolute Gasteiger partial charge is 0.422 e. The Hall–Kier alpha value is -4.08. The predicted molar refractivity (Wildman–Crippen MR) is 108 cm³/mol. The number of carbonyl (C=O) groups excluding carboxylic acids is 2. The summed E-state index contributed by atoms with van der Waals surface area (Å²) in [5, 5.41) is 2.67. The van der Waals surface area contributed by atoms with Gasteiger partial charge in [0.25, 0.3) is 5.91 Å². The van der Waals surface area contributed by atoms with Crippen molar-refractivity contribution in [1.29, 1.82) is 0 Å². The standard InChI is InChI=1S/C22H18F3N3O4/c23-22(24,25)13-31-19-11-14(9-10-27-19)12-28-21(30)16-3-7-18(8-4-16)32-17-5-1-15(2-6-17)20(26)29/h1-11H,12-13H2,(H2,26,29)(H,28,30). The van der Waals surface area contributed by atoms with E-state index >= 15 is 0 Å². The fraction of sp³-hybridized carbons (Fsp3) is 0.136. The SMILES string of the molecule is NC(=O)c1ccc(Oc2ccc(C(=O)NCc3ccnc(OCC(F)(F)F)c3)cc2)cc1. The molecule has 1 heterocycles. The average molecular weight is 445 g/mol. The van der Waals surface area contributed by atoms with Gasteiger partial charge in [0, 0.05) is 29.9 Å². The summed E-state index contributed by atoms with van der Waals surface area (Å²) in [5.74, 6) is -0.123. The van der Waals surface area contributed by atoms with Gasteiger partial charge < -0.3 is 20.5 Å². The van der Waals surface area contributed by atoms with Gasteiger partial charge in [-0.05, 0) is 60.2 Å². The van der Waals surface area contributed by atoms with Gasteiger partial charge >= 0.3 is 6.18 Å². The van der Waals surface area contributed by atoms with Crippen LogP contribution in [0.4, 0.5) is 13.2 Å². The van der Waals surface area contributed by atoms with Gasteiger partial charge in [-0.15, -0.1) is 0 Å². The Kier molecular flexibility index (Phi) is 6.93. The molecule has 0 fully saturated rings. The van der Waals surface area contributed by atoms with Crippen molar-refractivity contribution in [3.8, 4) is 17.4 Å². The van der Waals surface area contributed by atoms with Crippen LogP contribution in [-0.4, -0.2) is 29.6 Å². The summed E-state index contributed by atoms with van der Waals surface area (Å²) in [6, 6.07) is 15.5. The molecular weight excluding hydrogens is 427 g/mol. The lowest BCUT2D eigenvalue weighted by Gasteiger charge is -2.10. The number of amides is 2. The molecule has 0 saturated heterocycles. The van der Waals surface area contributed by atoms with E-state index in [1.54, 1.807) is 42.5 Å². The normalized spacial score (nSPS) is 11.0. The third-order valence-electron chi connectivity index (χ3n) is 4.13. The molecule has 7 nitrogen and oxygen atoms in total. The van der Waals surface area contributed by atoms with Crippen LogP contribution < -0.4 is 20.5 Å². The fourth-order valence-electron chi connectivity index (χ4n) is 2.58. The predicted octanol–water partition coefficient (Wildman–Crippen LogP) is 3.84. The summed E-state index contributed by atoms with van der Waals surface area (Å²) in [5.41, 5.74) is 6.45. The number of halogens is 3. The zero-order chi connectivity index (χ0) is 23.1. The number of ether oxygens (including phenoxy) is 2. The lowest BCUT2D eigenvalue weighted by atomic mass is 10.2. The van der Waals surface area contributed by atoms with Crippen LogP contribution in [0.2, 0.25) is 0 Å². The van der Waals surface area contributed by atoms with E-state index in [0.717, 1.165) is 0 Å². The molecule has 0 unspecified atom stereocenters. The minimum Gasteiger partial charge on any atom is -0.468 e. The van der Waals surface area contributed by atoms with E-state index in [1.807, 2.05) is 0 Å². The second-order valence-electron chi connectivity index (χ2n) is 6.60. The van der Waals surface area contributed by atoms with E-state index in [1.165, 1.54) is 24.4 Å². The average Bonchev–Trinajstić information content (AvgIpc) is 2.77. The van der Waals surface area contributed by atoms with Crippen LogP contribution in [-0.2, 0) is 6.54 Å². The van der Waals surface area contributed by atoms with Crippen molar-refractivity contribution in [2.24, 2.45) is 5.73 Å². The molecule has 1 aromatic heterocycles. The van der Waals surface area contributed by atoms with Gasteiger partial charge in [0.1, 0.15) is 11.5 Å². The Bertz CT molecular complexity index is 1080. The summed E-state index contributed by atoms with van der Waals surface area (Å²) in [6.07, 6.45) is -3.16. The van der Waals surface area contributed by atoms with Crippen LogP contribution in [0.1, 0.15) is 26.3 Å². The van der Waals surface area contributed by atoms with Crippen LogP contribution in [0.25, 0.3) is 0 Å². The molecule has 166 valence electrons. The first-order chi connectivity index (χ1) is 15.2. The van der Waals surface area contributed by atoms with E-state index in [-0.39, 0.29) is 18.3 Å². The number of nitrogens with one attached hydrogen (secondary N) is 1. The van der Waals surface area contributed by atoms with Gasteiger partial charge in [-0.2, -0.15) is 13.2 Å². The number of nitrogens with zero attached hydrogens (tertiary/aromatic N) is 1. The second-order valence-corrected chi connectivity index (χ2v) is 6.60. The molecule has 2 aromatic carbocycles. The molecule has 3 N–H and O–H groups in total. The van der Waals surface area contributed by atoms with Gasteiger partial charge in [0.2, 0.25) is 11.8 Å². The summed E-state index contributed by atoms with van der Waals surface area (Å²) < 4.78 is 47.0. The van der Waals surface area contributed by atoms with E-state index in [4.69, 9.17) is 10.5 Å². The zero-order valence-corrected chi connectivity index (χ0v) is 16.6. The maximum atomic E-state index is 12.3. The first-order valence-electron chi connectivity index (χ1n) is 9.30. The number of pyridine rings is 1. The van der Waals surface area contributed by atoms with Gasteiger partial charge in [-0.1, -0.05) is 0 Å². The first-order valence-corrected chi connectivity index (χ1v) is 9.30. The molecule has 2 amide bonds. The number of rotatable bonds is 8. The van der Waals surface area contributed by atoms with Crippen molar-refractivity contribution < 1.29 is 32.2 Å². The topological polar surface area (TPSA) is 104 Å². The Morgan fingerprint density at radius 2 is 1.53 bits per heavy atom. The first kappa shape index (κ1) is 22.6. The number of primary amides is 1. The maximum Gasteiger partial charge on any atom is 0.422 e. The zero-order valence-electron chi connectivity index (χ0n) is 16.6. The Balaban J connectivity index is 1.54. The number of hydrogen-bond donors (Lipinski definition) is 2. The van der Waals surface area contributed by atoms with E-state index in [2.05, 4.69) is 15.0 Å². The Labute approximate surface area is 181 Å². The molecule has 0 aliphatic rings. The summed E-state index contributed by atoms with van der Waals surface area (Å²) in [4.78, 5) is 27.1. The Morgan fingerprint density at radius 1 is 0.938 bits per heavy atom. The molecule has 10 heteroatoms. The largest absolute Gasteiger partial charge is 0.468 e. The molecule has 0 atom stereocenters. The third kappa shape index (κ3) is 6.73. The van der Waals surface area contributed by atoms with Crippen LogP contribution >= 0.6 is 0 Å². The molecule has 0 spiro atoms. The van der Waals surface area contributed by atoms with Crippen molar-refractivity contribution in [2.45, 2.75) is 12.7 Å². The van der Waals surface area contributed by atoms with Crippen LogP contribution in [0.5, 0.6) is 17.4 Å². The minimum atomic E-state index is -4.46. The number of hydrogen-bond acceptors (Lipinski definition) is 5. The highest BCUT2D eigenvalue weighted by atomic mass is 19.4. The lowest BCUT2D eigenvalue weighted by molar-refractivity contribution is -0.154. The second kappa shape index (κ2) is 9.82. The van der Waals surface area contributed by atoms with E-state index in [9.17, 15) is 22.8 Å². The van der Waals surface area contributed by atoms with Crippen molar-refractivity contribution >= 4 is 11.8 Å². The number of benzene rings is 2. The molecule has 32 heavy (non-hydrogen) atoms. The van der Waals surface area contributed by atoms with Crippen molar-refractivity contribution in [3.05, 3.63) is 83.6 Å². The molecule has 0 aliphatic heterocycles. The van der Waals surface area contributed by atoms with E-state index in [0.29, 0.717) is 28.2 Å². The minimum absolute atomic E-state index is 0.0776. The third-order valence-corrected chi connectivity index (χ3v) is 4.13. The van der Waals surface area contributed by atoms with Crippen molar-refractivity contribution in [1.82, 2.24) is 10.3 Å². The number of carbonyl (C=O) groups is 2. The number of alkyl halides is 3. The highest BCUT2D eigenvalue weighted by molar-refractivity contribution is 5.94. The van der Waals surface area contributed by atoms with Crippen LogP contribution in [0.15, 0.2) is 66.9 Å². The number of aromatic nitrogens is 1. The summed E-state index contributed by atoms with van der Waals surface area (Å²) >= 11 is 0. The van der Waals surface area contributed by atoms with Gasteiger partial charge in [-0.3, -0.25) is 9.59 Å². The fourth-order valence-corrected chi connectivity index (χ4v) is 2.58. The monoisotopic (exact) mass is 445 g/mol. The van der Waals surface area contributed by atoms with Crippen LogP contribution in [0, 0.1) is 0 Å². The number of nitrogens with two attached hydrogens (primary N) is 1. The maximum absolute atomic E-state index is 12.3. The van der Waals surface area contributed by atoms with Crippen molar-refractivity contribution in [2.75, 3.05) is 6.61 Å². The highest BCUT2D eigenvalue weighted by Gasteiger charge is 2.28. The Morgan fingerprint density at radius 3 is 2.09 bits per heavy atom. The molecular formula is C22H18F3N3O4. The quantitative estimate of drug-likeness (QED) is 0.548. The highest BCUT2D eigenvalue weighted by Crippen LogP contribution is 2.22. The molecule has 0 radical (unpaired) electrons. The molecule has 3 rings (SSSR count). The van der Waals surface area contributed by atoms with Gasteiger partial charge in [-0.25, -0.2) is 4.98 Å². The van der Waals surface area contributed by atoms with Crippen molar-refractivity contribution in [3.63, 3.8) is 0 Å². The van der Waals surface area contributed by atoms with Gasteiger partial charge in [0.05, 0.1) is 0 Å². The molecule has 0 aliphatic carbocycles. The molecule has 0 bridgehead atoms.